The maximum absolute atomic E-state index is 11.4. The lowest BCUT2D eigenvalue weighted by Crippen LogP contribution is -2.13. The van der Waals surface area contributed by atoms with Crippen molar-refractivity contribution in [3.05, 3.63) is 78.4 Å². The Balaban J connectivity index is 1.71. The van der Waals surface area contributed by atoms with E-state index in [1.807, 2.05) is 42.5 Å². The molecule has 1 amide bonds. The molecule has 0 fully saturated rings. The molecule has 6 heteroatoms. The number of thiophene rings is 1. The van der Waals surface area contributed by atoms with Crippen LogP contribution in [-0.2, 0) is 4.79 Å². The fourth-order valence-corrected chi connectivity index (χ4v) is 4.15. The SMILES string of the molecule is CNC(=O)C=Cc1ccc(Oc2c(-c3ccc(O)cc3)sc3cc(O)ccc23)cc1. The third kappa shape index (κ3) is 4.14. The molecule has 3 N–H and O–H groups in total. The smallest absolute Gasteiger partial charge is 0.243 e. The lowest BCUT2D eigenvalue weighted by Gasteiger charge is -2.09. The van der Waals surface area contributed by atoms with E-state index in [1.165, 1.54) is 17.4 Å². The lowest BCUT2D eigenvalue weighted by molar-refractivity contribution is -0.115. The standard InChI is InChI=1S/C24H19NO4S/c1-25-22(28)13-4-15-2-10-19(11-3-15)29-23-20-12-9-18(27)14-21(20)30-24(23)16-5-7-17(26)8-6-16/h2-14,26-27H,1H3,(H,25,28). The van der Waals surface area contributed by atoms with Crippen molar-refractivity contribution < 1.29 is 19.7 Å². The van der Waals surface area contributed by atoms with Crippen LogP contribution >= 0.6 is 11.3 Å². The second-order valence-corrected chi connectivity index (χ2v) is 7.66. The van der Waals surface area contributed by atoms with Crippen LogP contribution in [0.15, 0.2) is 72.8 Å². The van der Waals surface area contributed by atoms with Crippen molar-refractivity contribution in [1.82, 2.24) is 5.32 Å². The summed E-state index contributed by atoms with van der Waals surface area (Å²) in [5, 5.41) is 22.9. The summed E-state index contributed by atoms with van der Waals surface area (Å²) in [7, 11) is 1.58. The predicted molar refractivity (Wildman–Crippen MR) is 120 cm³/mol. The molecular formula is C24H19NO4S. The van der Waals surface area contributed by atoms with Gasteiger partial charge < -0.3 is 20.3 Å². The molecule has 5 nitrogen and oxygen atoms in total. The number of fused-ring (bicyclic) bond motifs is 1. The number of carbonyl (C=O) groups excluding carboxylic acids is 1. The van der Waals surface area contributed by atoms with Crippen LogP contribution in [0, 0.1) is 0 Å². The number of likely N-dealkylation sites (N-methyl/N-ethyl adjacent to an activating group) is 1. The molecule has 3 aromatic carbocycles. The van der Waals surface area contributed by atoms with Crippen molar-refractivity contribution in [2.24, 2.45) is 0 Å². The van der Waals surface area contributed by atoms with Gasteiger partial charge in [0.2, 0.25) is 5.91 Å². The number of benzene rings is 3. The molecule has 0 bridgehead atoms. The Hall–Kier alpha value is -3.77. The zero-order chi connectivity index (χ0) is 21.1. The second kappa shape index (κ2) is 8.31. The molecule has 150 valence electrons. The van der Waals surface area contributed by atoms with E-state index in [2.05, 4.69) is 5.32 Å². The van der Waals surface area contributed by atoms with Gasteiger partial charge in [-0.05, 0) is 71.8 Å². The minimum atomic E-state index is -0.165. The first-order valence-corrected chi connectivity index (χ1v) is 10.1. The molecule has 0 aliphatic heterocycles. The third-order valence-electron chi connectivity index (χ3n) is 4.53. The Morgan fingerprint density at radius 3 is 2.37 bits per heavy atom. The number of hydrogen-bond donors (Lipinski definition) is 3. The molecule has 0 radical (unpaired) electrons. The van der Waals surface area contributed by atoms with Gasteiger partial charge in [0.05, 0.1) is 4.88 Å². The van der Waals surface area contributed by atoms with Crippen molar-refractivity contribution in [2.45, 2.75) is 0 Å². The van der Waals surface area contributed by atoms with Crippen LogP contribution in [0.5, 0.6) is 23.0 Å². The van der Waals surface area contributed by atoms with Gasteiger partial charge in [-0.1, -0.05) is 12.1 Å². The summed E-state index contributed by atoms with van der Waals surface area (Å²) in [6.07, 6.45) is 3.20. The van der Waals surface area contributed by atoms with Gasteiger partial charge in [0.25, 0.3) is 0 Å². The average molecular weight is 417 g/mol. The summed E-state index contributed by atoms with van der Waals surface area (Å²) in [6.45, 7) is 0. The molecule has 0 unspecified atom stereocenters. The molecule has 1 heterocycles. The molecule has 1 aromatic heterocycles. The average Bonchev–Trinajstić information content (AvgIpc) is 3.10. The van der Waals surface area contributed by atoms with Crippen molar-refractivity contribution >= 4 is 33.4 Å². The number of aromatic hydroxyl groups is 2. The minimum Gasteiger partial charge on any atom is -0.508 e. The van der Waals surface area contributed by atoms with Crippen LogP contribution in [0.4, 0.5) is 0 Å². The van der Waals surface area contributed by atoms with E-state index in [-0.39, 0.29) is 17.4 Å². The van der Waals surface area contributed by atoms with E-state index in [4.69, 9.17) is 4.74 Å². The molecule has 0 saturated heterocycles. The number of phenolic OH excluding ortho intramolecular Hbond substituents is 2. The number of phenols is 2. The zero-order valence-electron chi connectivity index (χ0n) is 16.1. The molecule has 30 heavy (non-hydrogen) atoms. The molecule has 0 spiro atoms. The van der Waals surface area contributed by atoms with Gasteiger partial charge in [0, 0.05) is 23.2 Å². The number of carbonyl (C=O) groups is 1. The topological polar surface area (TPSA) is 78.8 Å². The monoisotopic (exact) mass is 417 g/mol. The van der Waals surface area contributed by atoms with Crippen molar-refractivity contribution in [3.63, 3.8) is 0 Å². The van der Waals surface area contributed by atoms with Crippen LogP contribution in [0.3, 0.4) is 0 Å². The quantitative estimate of drug-likeness (QED) is 0.373. The molecule has 0 aliphatic rings. The number of amides is 1. The number of nitrogens with one attached hydrogen (secondary N) is 1. The summed E-state index contributed by atoms with van der Waals surface area (Å²) < 4.78 is 7.15. The van der Waals surface area contributed by atoms with E-state index in [0.717, 1.165) is 26.1 Å². The fraction of sp³-hybridized carbons (Fsp3) is 0.0417. The normalized spacial score (nSPS) is 11.1. The van der Waals surface area contributed by atoms with Crippen LogP contribution in [0.2, 0.25) is 0 Å². The Bertz CT molecular complexity index is 1220. The predicted octanol–water partition coefficient (Wildman–Crippen LogP) is 5.53. The van der Waals surface area contributed by atoms with Crippen LogP contribution in [-0.4, -0.2) is 23.2 Å². The van der Waals surface area contributed by atoms with Gasteiger partial charge in [-0.25, -0.2) is 0 Å². The van der Waals surface area contributed by atoms with Crippen molar-refractivity contribution in [3.8, 4) is 33.4 Å². The highest BCUT2D eigenvalue weighted by atomic mass is 32.1. The van der Waals surface area contributed by atoms with Crippen molar-refractivity contribution in [1.29, 1.82) is 0 Å². The van der Waals surface area contributed by atoms with Crippen molar-refractivity contribution in [2.75, 3.05) is 7.05 Å². The summed E-state index contributed by atoms with van der Waals surface area (Å²) in [5.41, 5.74) is 1.79. The Morgan fingerprint density at radius 1 is 0.967 bits per heavy atom. The highest BCUT2D eigenvalue weighted by Gasteiger charge is 2.17. The first kappa shape index (κ1) is 19.5. The zero-order valence-corrected chi connectivity index (χ0v) is 16.9. The van der Waals surface area contributed by atoms with Gasteiger partial charge in [-0.15, -0.1) is 11.3 Å². The van der Waals surface area contributed by atoms with Gasteiger partial charge >= 0.3 is 0 Å². The van der Waals surface area contributed by atoms with E-state index < -0.39 is 0 Å². The Labute approximate surface area is 177 Å². The van der Waals surface area contributed by atoms with E-state index >= 15 is 0 Å². The molecular weight excluding hydrogens is 398 g/mol. The summed E-state index contributed by atoms with van der Waals surface area (Å²) in [5.74, 6) is 1.57. The van der Waals surface area contributed by atoms with Crippen LogP contribution in [0.1, 0.15) is 5.56 Å². The molecule has 4 rings (SSSR count). The first-order chi connectivity index (χ1) is 14.5. The third-order valence-corrected chi connectivity index (χ3v) is 5.71. The molecule has 0 saturated carbocycles. The first-order valence-electron chi connectivity index (χ1n) is 9.26. The molecule has 0 atom stereocenters. The van der Waals surface area contributed by atoms with E-state index in [1.54, 1.807) is 37.4 Å². The minimum absolute atomic E-state index is 0.165. The highest BCUT2D eigenvalue weighted by molar-refractivity contribution is 7.22. The van der Waals surface area contributed by atoms with Crippen LogP contribution < -0.4 is 10.1 Å². The molecule has 4 aromatic rings. The largest absolute Gasteiger partial charge is 0.508 e. The number of hydrogen-bond acceptors (Lipinski definition) is 5. The molecule has 0 aliphatic carbocycles. The van der Waals surface area contributed by atoms with E-state index in [9.17, 15) is 15.0 Å². The second-order valence-electron chi connectivity index (χ2n) is 6.61. The van der Waals surface area contributed by atoms with Gasteiger partial charge in [-0.3, -0.25) is 4.79 Å². The van der Waals surface area contributed by atoms with Gasteiger partial charge in [-0.2, -0.15) is 0 Å². The van der Waals surface area contributed by atoms with E-state index in [0.29, 0.717) is 11.5 Å². The number of ether oxygens (including phenoxy) is 1. The maximum Gasteiger partial charge on any atom is 0.243 e. The van der Waals surface area contributed by atoms with Gasteiger partial charge in [0.1, 0.15) is 17.2 Å². The summed E-state index contributed by atoms with van der Waals surface area (Å²) in [6, 6.07) is 19.5. The highest BCUT2D eigenvalue weighted by Crippen LogP contribution is 2.47. The Kier molecular flexibility index (Phi) is 5.41. The number of rotatable bonds is 5. The maximum atomic E-state index is 11.4. The Morgan fingerprint density at radius 2 is 1.67 bits per heavy atom. The summed E-state index contributed by atoms with van der Waals surface area (Å²) in [4.78, 5) is 12.3. The van der Waals surface area contributed by atoms with Gasteiger partial charge in [0.15, 0.2) is 5.75 Å². The summed E-state index contributed by atoms with van der Waals surface area (Å²) >= 11 is 1.51. The lowest BCUT2D eigenvalue weighted by atomic mass is 10.1. The fourth-order valence-electron chi connectivity index (χ4n) is 2.99. The van der Waals surface area contributed by atoms with Crippen LogP contribution in [0.25, 0.3) is 26.6 Å².